The van der Waals surface area contributed by atoms with E-state index in [-0.39, 0.29) is 17.8 Å². The van der Waals surface area contributed by atoms with Gasteiger partial charge in [0.25, 0.3) is 0 Å². The number of phenols is 1. The maximum atomic E-state index is 9.94. The summed E-state index contributed by atoms with van der Waals surface area (Å²) in [7, 11) is 1.56. The molecule has 1 heterocycles. The third-order valence-corrected chi connectivity index (χ3v) is 4.48. The fourth-order valence-electron chi connectivity index (χ4n) is 3.43. The molecule has 0 bridgehead atoms. The number of nitrogens with zero attached hydrogens (tertiary/aromatic N) is 2. The van der Waals surface area contributed by atoms with E-state index in [2.05, 4.69) is 30.6 Å². The molecule has 1 fully saturated rings. The van der Waals surface area contributed by atoms with Gasteiger partial charge in [0.05, 0.1) is 7.11 Å². The van der Waals surface area contributed by atoms with Crippen LogP contribution in [0.25, 0.3) is 0 Å². The molecule has 2 rings (SSSR count). The Kier molecular flexibility index (Phi) is 6.49. The predicted molar refractivity (Wildman–Crippen MR) is 96.5 cm³/mol. The lowest BCUT2D eigenvalue weighted by Gasteiger charge is -2.44. The molecular formula is C19H32N2O3. The zero-order chi connectivity index (χ0) is 17.7. The first kappa shape index (κ1) is 19.0. The van der Waals surface area contributed by atoms with Gasteiger partial charge >= 0.3 is 0 Å². The summed E-state index contributed by atoms with van der Waals surface area (Å²) < 4.78 is 5.10. The Balaban J connectivity index is 1.99. The number of aliphatic hydroxyl groups excluding tert-OH is 1. The van der Waals surface area contributed by atoms with Crippen molar-refractivity contribution in [3.8, 4) is 11.5 Å². The minimum Gasteiger partial charge on any atom is -0.504 e. The van der Waals surface area contributed by atoms with Crippen LogP contribution in [0.1, 0.15) is 32.8 Å². The van der Waals surface area contributed by atoms with Gasteiger partial charge < -0.3 is 14.9 Å². The lowest BCUT2D eigenvalue weighted by molar-refractivity contribution is 0.0339. The highest BCUT2D eigenvalue weighted by atomic mass is 16.5. The van der Waals surface area contributed by atoms with Crippen molar-refractivity contribution in [2.75, 3.05) is 39.9 Å². The summed E-state index contributed by atoms with van der Waals surface area (Å²) in [5.41, 5.74) is 1.35. The van der Waals surface area contributed by atoms with Gasteiger partial charge in [-0.1, -0.05) is 26.8 Å². The fourth-order valence-corrected chi connectivity index (χ4v) is 3.43. The van der Waals surface area contributed by atoms with E-state index in [1.54, 1.807) is 13.2 Å². The molecule has 1 aromatic carbocycles. The van der Waals surface area contributed by atoms with E-state index in [0.29, 0.717) is 11.8 Å². The summed E-state index contributed by atoms with van der Waals surface area (Å²) in [5.74, 6) is 0.695. The van der Waals surface area contributed by atoms with Crippen molar-refractivity contribution >= 4 is 0 Å². The van der Waals surface area contributed by atoms with Gasteiger partial charge in [0.1, 0.15) is 0 Å². The first-order chi connectivity index (χ1) is 11.3. The SMILES string of the molecule is COc1ccc(CN2CCN(CC(C)(C)C)[C@H](CCO)C2)cc1O. The van der Waals surface area contributed by atoms with E-state index in [1.807, 2.05) is 12.1 Å². The monoisotopic (exact) mass is 336 g/mol. The van der Waals surface area contributed by atoms with Crippen molar-refractivity contribution in [2.24, 2.45) is 5.41 Å². The topological polar surface area (TPSA) is 56.2 Å². The highest BCUT2D eigenvalue weighted by Gasteiger charge is 2.29. The van der Waals surface area contributed by atoms with Gasteiger partial charge in [-0.2, -0.15) is 0 Å². The van der Waals surface area contributed by atoms with Crippen molar-refractivity contribution in [3.63, 3.8) is 0 Å². The van der Waals surface area contributed by atoms with Gasteiger partial charge in [-0.25, -0.2) is 0 Å². The zero-order valence-corrected chi connectivity index (χ0v) is 15.5. The van der Waals surface area contributed by atoms with Crippen molar-refractivity contribution in [3.05, 3.63) is 23.8 Å². The second-order valence-corrected chi connectivity index (χ2v) is 7.94. The third-order valence-electron chi connectivity index (χ3n) is 4.48. The van der Waals surface area contributed by atoms with Gasteiger partial charge in [0, 0.05) is 45.4 Å². The van der Waals surface area contributed by atoms with E-state index >= 15 is 0 Å². The van der Waals surface area contributed by atoms with Crippen molar-refractivity contribution in [1.82, 2.24) is 9.80 Å². The molecule has 1 aliphatic rings. The molecule has 0 spiro atoms. The summed E-state index contributed by atoms with van der Waals surface area (Å²) in [6, 6.07) is 5.98. The van der Waals surface area contributed by atoms with E-state index < -0.39 is 0 Å². The van der Waals surface area contributed by atoms with Crippen molar-refractivity contribution in [2.45, 2.75) is 39.8 Å². The molecule has 2 N–H and O–H groups in total. The summed E-state index contributed by atoms with van der Waals surface area (Å²) in [4.78, 5) is 4.92. The molecule has 0 aromatic heterocycles. The highest BCUT2D eigenvalue weighted by molar-refractivity contribution is 5.41. The number of phenolic OH excluding ortho intramolecular Hbond substituents is 1. The number of hydrogen-bond acceptors (Lipinski definition) is 5. The number of piperazine rings is 1. The largest absolute Gasteiger partial charge is 0.504 e. The van der Waals surface area contributed by atoms with Crippen LogP contribution in [-0.2, 0) is 6.54 Å². The van der Waals surface area contributed by atoms with Crippen LogP contribution in [0.15, 0.2) is 18.2 Å². The molecule has 0 unspecified atom stereocenters. The third kappa shape index (κ3) is 5.36. The average Bonchev–Trinajstić information content (AvgIpc) is 2.49. The van der Waals surface area contributed by atoms with Gasteiger partial charge in [0.15, 0.2) is 11.5 Å². The van der Waals surface area contributed by atoms with Crippen LogP contribution in [0.2, 0.25) is 0 Å². The molecule has 5 nitrogen and oxygen atoms in total. The molecule has 1 aromatic rings. The van der Waals surface area contributed by atoms with E-state index in [0.717, 1.165) is 44.7 Å². The number of ether oxygens (including phenoxy) is 1. The lowest BCUT2D eigenvalue weighted by Crippen LogP contribution is -2.54. The Labute approximate surface area is 145 Å². The lowest BCUT2D eigenvalue weighted by atomic mass is 9.94. The average molecular weight is 336 g/mol. The summed E-state index contributed by atoms with van der Waals surface area (Å²) >= 11 is 0. The number of hydrogen-bond donors (Lipinski definition) is 2. The van der Waals surface area contributed by atoms with Crippen LogP contribution in [0, 0.1) is 5.41 Å². The van der Waals surface area contributed by atoms with Gasteiger partial charge in [-0.3, -0.25) is 9.80 Å². The molecule has 136 valence electrons. The van der Waals surface area contributed by atoms with Gasteiger partial charge in [0.2, 0.25) is 0 Å². The number of aliphatic hydroxyl groups is 1. The van der Waals surface area contributed by atoms with Crippen LogP contribution in [0.4, 0.5) is 0 Å². The first-order valence-corrected chi connectivity index (χ1v) is 8.75. The summed E-state index contributed by atoms with van der Waals surface area (Å²) in [6.07, 6.45) is 0.806. The van der Waals surface area contributed by atoms with Crippen LogP contribution in [0.3, 0.4) is 0 Å². The highest BCUT2D eigenvalue weighted by Crippen LogP contribution is 2.27. The first-order valence-electron chi connectivity index (χ1n) is 8.75. The molecule has 24 heavy (non-hydrogen) atoms. The van der Waals surface area contributed by atoms with E-state index in [4.69, 9.17) is 4.74 Å². The Morgan fingerprint density at radius 3 is 2.58 bits per heavy atom. The molecule has 0 amide bonds. The standard InChI is InChI=1S/C19H32N2O3/c1-19(2,3)14-21-9-8-20(13-16(21)7-10-22)12-15-5-6-18(24-4)17(23)11-15/h5-6,11,16,22-23H,7-10,12-14H2,1-4H3/t16-/m1/s1. The minimum absolute atomic E-state index is 0.188. The normalized spacial score (nSPS) is 20.3. The molecule has 0 aliphatic carbocycles. The number of rotatable bonds is 6. The smallest absolute Gasteiger partial charge is 0.160 e. The molecule has 1 atom stereocenters. The zero-order valence-electron chi connectivity index (χ0n) is 15.5. The molecule has 0 saturated carbocycles. The second kappa shape index (κ2) is 8.19. The molecule has 1 saturated heterocycles. The second-order valence-electron chi connectivity index (χ2n) is 7.94. The van der Waals surface area contributed by atoms with Crippen LogP contribution < -0.4 is 4.74 Å². The maximum Gasteiger partial charge on any atom is 0.160 e. The quantitative estimate of drug-likeness (QED) is 0.835. The van der Waals surface area contributed by atoms with Crippen molar-refractivity contribution in [1.29, 1.82) is 0 Å². The molecule has 0 radical (unpaired) electrons. The van der Waals surface area contributed by atoms with Crippen LogP contribution in [0.5, 0.6) is 11.5 Å². The fraction of sp³-hybridized carbons (Fsp3) is 0.684. The Bertz CT molecular complexity index is 528. The summed E-state index contributed by atoms with van der Waals surface area (Å²) in [6.45, 7) is 11.8. The van der Waals surface area contributed by atoms with Crippen molar-refractivity contribution < 1.29 is 14.9 Å². The molecule has 1 aliphatic heterocycles. The summed E-state index contributed by atoms with van der Waals surface area (Å²) in [5, 5.41) is 19.4. The predicted octanol–water partition coefficient (Wildman–Crippen LogP) is 2.32. The number of methoxy groups -OCH3 is 1. The van der Waals surface area contributed by atoms with E-state index in [9.17, 15) is 10.2 Å². The minimum atomic E-state index is 0.188. The van der Waals surface area contributed by atoms with Crippen LogP contribution in [-0.4, -0.2) is 66.0 Å². The maximum absolute atomic E-state index is 9.94. The molecule has 5 heteroatoms. The number of benzene rings is 1. The number of aromatic hydroxyl groups is 1. The van der Waals surface area contributed by atoms with Crippen LogP contribution >= 0.6 is 0 Å². The molecular weight excluding hydrogens is 304 g/mol. The Morgan fingerprint density at radius 2 is 2.00 bits per heavy atom. The Morgan fingerprint density at radius 1 is 1.25 bits per heavy atom. The van der Waals surface area contributed by atoms with Gasteiger partial charge in [-0.15, -0.1) is 0 Å². The van der Waals surface area contributed by atoms with E-state index in [1.165, 1.54) is 0 Å². The van der Waals surface area contributed by atoms with Gasteiger partial charge in [-0.05, 0) is 29.5 Å². The Hall–Kier alpha value is -1.30.